The summed E-state index contributed by atoms with van der Waals surface area (Å²) in [6, 6.07) is 1.47. The number of hydrogen-bond donors (Lipinski definition) is 3. The fourth-order valence-electron chi connectivity index (χ4n) is 0.760. The maximum atomic E-state index is 10.2. The number of carbonyl (C=O) groups excluding carboxylic acids is 1. The molecular formula is C7H8O6S. The summed E-state index contributed by atoms with van der Waals surface area (Å²) in [7, 11) is 0. The first-order chi connectivity index (χ1) is 6.65. The molecule has 14 heavy (non-hydrogen) atoms. The molecule has 1 aromatic rings. The van der Waals surface area contributed by atoms with E-state index in [9.17, 15) is 9.59 Å². The van der Waals surface area contributed by atoms with Crippen LogP contribution in [0.15, 0.2) is 16.7 Å². The summed E-state index contributed by atoms with van der Waals surface area (Å²) in [4.78, 5) is 20.4. The van der Waals surface area contributed by atoms with Gasteiger partial charge in [0.1, 0.15) is 0 Å². The molecule has 0 amide bonds. The van der Waals surface area contributed by atoms with Crippen LogP contribution in [0.25, 0.3) is 0 Å². The molecule has 0 aliphatic rings. The Labute approximate surface area is 83.6 Å². The second kappa shape index (κ2) is 7.13. The summed E-state index contributed by atoms with van der Waals surface area (Å²) in [6.07, 6.45) is 1.62. The lowest BCUT2D eigenvalue weighted by molar-refractivity contribution is -0.136. The number of hydrogen-bond acceptors (Lipinski definition) is 6. The summed E-state index contributed by atoms with van der Waals surface area (Å²) >= 11 is -0.250. The zero-order valence-electron chi connectivity index (χ0n) is 6.91. The predicted molar refractivity (Wildman–Crippen MR) is 48.3 cm³/mol. The van der Waals surface area contributed by atoms with Crippen molar-refractivity contribution in [1.29, 1.82) is 0 Å². The minimum atomic E-state index is -0.977. The molecule has 3 N–H and O–H groups in total. The van der Waals surface area contributed by atoms with Crippen molar-refractivity contribution in [3.63, 3.8) is 0 Å². The van der Waals surface area contributed by atoms with Crippen LogP contribution >= 0.6 is 12.3 Å². The standard InChI is InChI=1S/C7H6O4.H2O2S/c8-4-6-5(1-2-11-6)3-7(9)10;1-3-2/h1-2,4H,3H2,(H,9,10);1-2H. The Kier molecular flexibility index (Phi) is 6.46. The second-order valence-electron chi connectivity index (χ2n) is 2.08. The molecular weight excluding hydrogens is 212 g/mol. The largest absolute Gasteiger partial charge is 0.481 e. The van der Waals surface area contributed by atoms with E-state index in [0.29, 0.717) is 11.8 Å². The molecule has 0 aromatic carbocycles. The Morgan fingerprint density at radius 2 is 2.14 bits per heavy atom. The Bertz CT molecular complexity index is 294. The molecule has 0 radical (unpaired) electrons. The lowest BCUT2D eigenvalue weighted by atomic mass is 10.2. The number of carboxylic acid groups (broad SMARTS) is 1. The van der Waals surface area contributed by atoms with Gasteiger partial charge >= 0.3 is 5.97 Å². The maximum absolute atomic E-state index is 10.2. The topological polar surface area (TPSA) is 108 Å². The number of carbonyl (C=O) groups is 2. The predicted octanol–water partition coefficient (Wildman–Crippen LogP) is 1.38. The van der Waals surface area contributed by atoms with Gasteiger partial charge in [-0.1, -0.05) is 0 Å². The fraction of sp³-hybridized carbons (Fsp3) is 0.143. The fourth-order valence-corrected chi connectivity index (χ4v) is 0.760. The van der Waals surface area contributed by atoms with Crippen LogP contribution < -0.4 is 0 Å². The van der Waals surface area contributed by atoms with Gasteiger partial charge in [0.15, 0.2) is 24.4 Å². The van der Waals surface area contributed by atoms with Crippen LogP contribution in [0.2, 0.25) is 0 Å². The highest BCUT2D eigenvalue weighted by Crippen LogP contribution is 2.08. The molecule has 6 nitrogen and oxygen atoms in total. The summed E-state index contributed by atoms with van der Waals surface area (Å²) in [5.41, 5.74) is 0.410. The van der Waals surface area contributed by atoms with Gasteiger partial charge in [-0.05, 0) is 6.07 Å². The Morgan fingerprint density at radius 3 is 2.57 bits per heavy atom. The lowest BCUT2D eigenvalue weighted by Crippen LogP contribution is -2.00. The van der Waals surface area contributed by atoms with E-state index in [-0.39, 0.29) is 24.5 Å². The highest BCUT2D eigenvalue weighted by molar-refractivity contribution is 7.87. The first-order valence-electron chi connectivity index (χ1n) is 3.34. The SMILES string of the molecule is O=Cc1occc1CC(=O)O.OSO. The van der Waals surface area contributed by atoms with Crippen LogP contribution in [-0.4, -0.2) is 26.5 Å². The van der Waals surface area contributed by atoms with E-state index >= 15 is 0 Å². The highest BCUT2D eigenvalue weighted by Gasteiger charge is 2.07. The minimum Gasteiger partial charge on any atom is -0.481 e. The third kappa shape index (κ3) is 4.65. The van der Waals surface area contributed by atoms with E-state index in [1.165, 1.54) is 12.3 Å². The Morgan fingerprint density at radius 1 is 1.57 bits per heavy atom. The van der Waals surface area contributed by atoms with Crippen molar-refractivity contribution in [2.45, 2.75) is 6.42 Å². The molecule has 1 aromatic heterocycles. The van der Waals surface area contributed by atoms with Crippen LogP contribution in [0, 0.1) is 0 Å². The molecule has 0 unspecified atom stereocenters. The third-order valence-corrected chi connectivity index (χ3v) is 1.23. The van der Waals surface area contributed by atoms with Crippen molar-refractivity contribution < 1.29 is 28.2 Å². The van der Waals surface area contributed by atoms with E-state index in [2.05, 4.69) is 4.42 Å². The van der Waals surface area contributed by atoms with E-state index < -0.39 is 5.97 Å². The van der Waals surface area contributed by atoms with Crippen molar-refractivity contribution in [2.75, 3.05) is 0 Å². The van der Waals surface area contributed by atoms with E-state index in [1.807, 2.05) is 0 Å². The molecule has 0 bridgehead atoms. The summed E-state index contributed by atoms with van der Waals surface area (Å²) < 4.78 is 18.8. The van der Waals surface area contributed by atoms with Gasteiger partial charge in [-0.25, -0.2) is 0 Å². The number of rotatable bonds is 3. The zero-order valence-corrected chi connectivity index (χ0v) is 7.73. The van der Waals surface area contributed by atoms with Crippen molar-refractivity contribution in [1.82, 2.24) is 0 Å². The van der Waals surface area contributed by atoms with Gasteiger partial charge in [-0.2, -0.15) is 0 Å². The summed E-state index contributed by atoms with van der Waals surface area (Å²) in [6.45, 7) is 0. The monoisotopic (exact) mass is 220 g/mol. The molecule has 0 fully saturated rings. The quantitative estimate of drug-likeness (QED) is 0.521. The summed E-state index contributed by atoms with van der Waals surface area (Å²) in [5.74, 6) is -0.887. The average Bonchev–Trinajstić information content (AvgIpc) is 2.52. The zero-order chi connectivity index (χ0) is 11.0. The normalized spacial score (nSPS) is 8.71. The molecule has 7 heteroatoms. The molecule has 0 saturated carbocycles. The number of aliphatic carboxylic acids is 1. The van der Waals surface area contributed by atoms with Crippen molar-refractivity contribution in [2.24, 2.45) is 0 Å². The number of carboxylic acids is 1. The van der Waals surface area contributed by atoms with Crippen molar-refractivity contribution >= 4 is 24.6 Å². The first-order valence-corrected chi connectivity index (χ1v) is 4.07. The van der Waals surface area contributed by atoms with Crippen molar-refractivity contribution in [3.8, 4) is 0 Å². The molecule has 1 heterocycles. The van der Waals surface area contributed by atoms with E-state index in [1.54, 1.807) is 0 Å². The first kappa shape index (κ1) is 12.7. The minimum absolute atomic E-state index is 0.0902. The van der Waals surface area contributed by atoms with Crippen LogP contribution in [0.5, 0.6) is 0 Å². The summed E-state index contributed by atoms with van der Waals surface area (Å²) in [5, 5.41) is 8.35. The van der Waals surface area contributed by atoms with Crippen molar-refractivity contribution in [3.05, 3.63) is 23.7 Å². The third-order valence-electron chi connectivity index (χ3n) is 1.23. The highest BCUT2D eigenvalue weighted by atomic mass is 32.2. The van der Waals surface area contributed by atoms with Gasteiger partial charge in [0, 0.05) is 5.56 Å². The van der Waals surface area contributed by atoms with Gasteiger partial charge in [0.05, 0.1) is 12.7 Å². The van der Waals surface area contributed by atoms with Crippen LogP contribution in [0.3, 0.4) is 0 Å². The number of furan rings is 1. The number of aldehydes is 1. The molecule has 0 aliphatic carbocycles. The molecule has 0 aliphatic heterocycles. The van der Waals surface area contributed by atoms with Gasteiger partial charge in [0.25, 0.3) is 0 Å². The molecule has 1 rings (SSSR count). The Hall–Kier alpha value is -1.31. The van der Waals surface area contributed by atoms with Crippen LogP contribution in [0.4, 0.5) is 0 Å². The van der Waals surface area contributed by atoms with E-state index in [0.717, 1.165) is 0 Å². The van der Waals surface area contributed by atoms with Gasteiger partial charge in [0.2, 0.25) is 0 Å². The molecule has 0 spiro atoms. The Balaban J connectivity index is 0.000000500. The van der Waals surface area contributed by atoms with Crippen LogP contribution in [0.1, 0.15) is 16.1 Å². The smallest absolute Gasteiger partial charge is 0.307 e. The lowest BCUT2D eigenvalue weighted by Gasteiger charge is -1.89. The molecule has 78 valence electrons. The van der Waals surface area contributed by atoms with Gasteiger partial charge < -0.3 is 18.6 Å². The van der Waals surface area contributed by atoms with Gasteiger partial charge in [-0.15, -0.1) is 0 Å². The van der Waals surface area contributed by atoms with Crippen LogP contribution in [-0.2, 0) is 11.2 Å². The second-order valence-corrected chi connectivity index (χ2v) is 2.24. The maximum Gasteiger partial charge on any atom is 0.307 e. The average molecular weight is 220 g/mol. The molecule has 0 saturated heterocycles. The van der Waals surface area contributed by atoms with Gasteiger partial charge in [-0.3, -0.25) is 9.59 Å². The van der Waals surface area contributed by atoms with E-state index in [4.69, 9.17) is 14.2 Å². The molecule has 0 atom stereocenters.